The highest BCUT2D eigenvalue weighted by atomic mass is 32.2. The topological polar surface area (TPSA) is 87.9 Å². The van der Waals surface area contributed by atoms with E-state index in [4.69, 9.17) is 4.42 Å². The molecule has 8 heteroatoms. The molecule has 5 rings (SSSR count). The fourth-order valence-corrected chi connectivity index (χ4v) is 4.92. The Bertz CT molecular complexity index is 1330. The Kier molecular flexibility index (Phi) is 5.12. The standard InChI is InChI=1S/C25H24N2O5S/c1-16-15-26(25(29)23-4-3-13-32-23)22-14-19(17-7-10-20(11-8-17)33(2,30)31)9-12-21(22)27(16)24(28)18-5-6-18/h3-4,7-14,16,18H,5-6,15H2,1-2H3. The van der Waals surface area contributed by atoms with Gasteiger partial charge in [-0.05, 0) is 67.3 Å². The number of fused-ring (bicyclic) bond motifs is 1. The van der Waals surface area contributed by atoms with E-state index in [2.05, 4.69) is 0 Å². The Hall–Kier alpha value is -3.39. The van der Waals surface area contributed by atoms with Crippen molar-refractivity contribution in [1.82, 2.24) is 0 Å². The molecule has 1 aromatic heterocycles. The Morgan fingerprint density at radius 1 is 0.970 bits per heavy atom. The van der Waals surface area contributed by atoms with Gasteiger partial charge in [-0.15, -0.1) is 0 Å². The molecule has 1 aliphatic heterocycles. The van der Waals surface area contributed by atoms with Crippen molar-refractivity contribution < 1.29 is 22.4 Å². The molecule has 2 aliphatic rings. The first kappa shape index (κ1) is 21.5. The Morgan fingerprint density at radius 2 is 1.67 bits per heavy atom. The SMILES string of the molecule is CC1CN(C(=O)c2ccco2)c2cc(-c3ccc(S(C)(=O)=O)cc3)ccc2N1C(=O)C1CC1. The van der Waals surface area contributed by atoms with Crippen molar-refractivity contribution in [3.05, 3.63) is 66.6 Å². The van der Waals surface area contributed by atoms with Crippen molar-refractivity contribution in [2.75, 3.05) is 22.6 Å². The van der Waals surface area contributed by atoms with Crippen LogP contribution in [0.25, 0.3) is 11.1 Å². The Morgan fingerprint density at radius 3 is 2.27 bits per heavy atom. The molecule has 0 radical (unpaired) electrons. The molecule has 0 bridgehead atoms. The number of hydrogen-bond acceptors (Lipinski definition) is 5. The highest BCUT2D eigenvalue weighted by Crippen LogP contribution is 2.42. The van der Waals surface area contributed by atoms with Crippen LogP contribution in [0.1, 0.15) is 30.3 Å². The number of nitrogens with zero attached hydrogens (tertiary/aromatic N) is 2. The summed E-state index contributed by atoms with van der Waals surface area (Å²) in [7, 11) is -3.29. The van der Waals surface area contributed by atoms with Gasteiger partial charge in [-0.2, -0.15) is 0 Å². The third-order valence-corrected chi connectivity index (χ3v) is 7.30. The number of benzene rings is 2. The van der Waals surface area contributed by atoms with E-state index in [0.717, 1.165) is 24.0 Å². The summed E-state index contributed by atoms with van der Waals surface area (Å²) in [5.41, 5.74) is 2.96. The van der Waals surface area contributed by atoms with Crippen molar-refractivity contribution in [2.45, 2.75) is 30.7 Å². The van der Waals surface area contributed by atoms with Gasteiger partial charge in [-0.3, -0.25) is 9.59 Å². The first-order valence-electron chi connectivity index (χ1n) is 10.9. The minimum absolute atomic E-state index is 0.0517. The lowest BCUT2D eigenvalue weighted by molar-refractivity contribution is -0.120. The molecule has 170 valence electrons. The van der Waals surface area contributed by atoms with Gasteiger partial charge in [-0.1, -0.05) is 18.2 Å². The van der Waals surface area contributed by atoms with Gasteiger partial charge >= 0.3 is 0 Å². The monoisotopic (exact) mass is 464 g/mol. The van der Waals surface area contributed by atoms with E-state index < -0.39 is 9.84 Å². The van der Waals surface area contributed by atoms with Crippen molar-refractivity contribution >= 4 is 33.0 Å². The first-order chi connectivity index (χ1) is 15.7. The smallest absolute Gasteiger partial charge is 0.294 e. The summed E-state index contributed by atoms with van der Waals surface area (Å²) in [5, 5.41) is 0. The molecule has 1 aliphatic carbocycles. The molecule has 0 saturated heterocycles. The van der Waals surface area contributed by atoms with Crippen molar-refractivity contribution in [3.63, 3.8) is 0 Å². The summed E-state index contributed by atoms with van der Waals surface area (Å²) < 4.78 is 29.0. The van der Waals surface area contributed by atoms with E-state index in [0.29, 0.717) is 17.9 Å². The Labute approximate surface area is 192 Å². The van der Waals surface area contributed by atoms with Crippen LogP contribution >= 0.6 is 0 Å². The first-order valence-corrected chi connectivity index (χ1v) is 12.8. The van der Waals surface area contributed by atoms with Crippen molar-refractivity contribution in [2.24, 2.45) is 5.92 Å². The summed E-state index contributed by atoms with van der Waals surface area (Å²) in [6.07, 6.45) is 4.43. The summed E-state index contributed by atoms with van der Waals surface area (Å²) >= 11 is 0. The molecule has 3 aromatic rings. The highest BCUT2D eigenvalue weighted by Gasteiger charge is 2.41. The molecule has 0 spiro atoms. The van der Waals surface area contributed by atoms with Gasteiger partial charge in [0.15, 0.2) is 15.6 Å². The highest BCUT2D eigenvalue weighted by molar-refractivity contribution is 7.90. The number of carbonyl (C=O) groups is 2. The lowest BCUT2D eigenvalue weighted by atomic mass is 10.00. The quantitative estimate of drug-likeness (QED) is 0.579. The predicted molar refractivity (Wildman–Crippen MR) is 125 cm³/mol. The number of hydrogen-bond donors (Lipinski definition) is 0. The number of amides is 2. The van der Waals surface area contributed by atoms with Crippen LogP contribution in [0.3, 0.4) is 0 Å². The average Bonchev–Trinajstić information content (AvgIpc) is 3.51. The summed E-state index contributed by atoms with van der Waals surface area (Å²) in [5.74, 6) is 0.115. The summed E-state index contributed by atoms with van der Waals surface area (Å²) in [6.45, 7) is 2.30. The van der Waals surface area contributed by atoms with Crippen molar-refractivity contribution in [1.29, 1.82) is 0 Å². The molecule has 1 fully saturated rings. The van der Waals surface area contributed by atoms with E-state index in [-0.39, 0.29) is 34.4 Å². The molecule has 2 heterocycles. The fourth-order valence-electron chi connectivity index (χ4n) is 4.29. The van der Waals surface area contributed by atoms with E-state index in [1.807, 2.05) is 30.0 Å². The van der Waals surface area contributed by atoms with Gasteiger partial charge in [0.05, 0.1) is 28.6 Å². The number of sulfone groups is 1. The van der Waals surface area contributed by atoms with E-state index >= 15 is 0 Å². The van der Waals surface area contributed by atoms with Crippen LogP contribution in [0.2, 0.25) is 0 Å². The zero-order valence-corrected chi connectivity index (χ0v) is 19.2. The molecule has 33 heavy (non-hydrogen) atoms. The lowest BCUT2D eigenvalue weighted by Crippen LogP contribution is -2.52. The average molecular weight is 465 g/mol. The molecule has 7 nitrogen and oxygen atoms in total. The molecule has 1 atom stereocenters. The number of anilines is 2. The van der Waals surface area contributed by atoms with Crippen LogP contribution in [0.5, 0.6) is 0 Å². The van der Waals surface area contributed by atoms with Gasteiger partial charge in [0.2, 0.25) is 5.91 Å². The van der Waals surface area contributed by atoms with Gasteiger partial charge < -0.3 is 14.2 Å². The second-order valence-electron chi connectivity index (χ2n) is 8.72. The Balaban J connectivity index is 1.59. The van der Waals surface area contributed by atoms with Gasteiger partial charge in [-0.25, -0.2) is 8.42 Å². The van der Waals surface area contributed by atoms with Gasteiger partial charge in [0, 0.05) is 18.7 Å². The molecule has 1 unspecified atom stereocenters. The third-order valence-electron chi connectivity index (χ3n) is 6.17. The molecule has 1 saturated carbocycles. The molecule has 2 amide bonds. The maximum atomic E-state index is 13.3. The molecular weight excluding hydrogens is 440 g/mol. The zero-order valence-electron chi connectivity index (χ0n) is 18.4. The summed E-state index contributed by atoms with van der Waals surface area (Å²) in [6, 6.07) is 15.4. The molecule has 2 aromatic carbocycles. The van der Waals surface area contributed by atoms with E-state index in [9.17, 15) is 18.0 Å². The van der Waals surface area contributed by atoms with E-state index in [1.54, 1.807) is 41.3 Å². The predicted octanol–water partition coefficient (Wildman–Crippen LogP) is 4.14. The number of furan rings is 1. The van der Waals surface area contributed by atoms with Crippen LogP contribution < -0.4 is 9.80 Å². The normalized spacial score (nSPS) is 18.2. The molecule has 0 N–H and O–H groups in total. The zero-order chi connectivity index (χ0) is 23.3. The van der Waals surface area contributed by atoms with Crippen LogP contribution in [-0.2, 0) is 14.6 Å². The third kappa shape index (κ3) is 3.95. The maximum absolute atomic E-state index is 13.3. The van der Waals surface area contributed by atoms with Crippen molar-refractivity contribution in [3.8, 4) is 11.1 Å². The lowest BCUT2D eigenvalue weighted by Gasteiger charge is -2.41. The summed E-state index contributed by atoms with van der Waals surface area (Å²) in [4.78, 5) is 30.0. The van der Waals surface area contributed by atoms with E-state index in [1.165, 1.54) is 12.5 Å². The van der Waals surface area contributed by atoms with Crippen LogP contribution in [0.15, 0.2) is 70.2 Å². The van der Waals surface area contributed by atoms with Gasteiger partial charge in [0.1, 0.15) is 0 Å². The van der Waals surface area contributed by atoms with Crippen LogP contribution in [0.4, 0.5) is 11.4 Å². The van der Waals surface area contributed by atoms with Crippen LogP contribution in [0, 0.1) is 5.92 Å². The fraction of sp³-hybridized carbons (Fsp3) is 0.280. The number of rotatable bonds is 4. The minimum Gasteiger partial charge on any atom is -0.459 e. The second kappa shape index (κ2) is 7.88. The minimum atomic E-state index is -3.29. The maximum Gasteiger partial charge on any atom is 0.294 e. The van der Waals surface area contributed by atoms with Gasteiger partial charge in [0.25, 0.3) is 5.91 Å². The number of carbonyl (C=O) groups excluding carboxylic acids is 2. The molecular formula is C25H24N2O5S. The van der Waals surface area contributed by atoms with Crippen LogP contribution in [-0.4, -0.2) is 39.1 Å². The second-order valence-corrected chi connectivity index (χ2v) is 10.7. The largest absolute Gasteiger partial charge is 0.459 e.